The van der Waals surface area contributed by atoms with Crippen molar-refractivity contribution in [3.63, 3.8) is 0 Å². The van der Waals surface area contributed by atoms with Crippen LogP contribution in [0.15, 0.2) is 30.3 Å². The molecule has 1 heterocycles. The van der Waals surface area contributed by atoms with Crippen LogP contribution < -0.4 is 10.6 Å². The van der Waals surface area contributed by atoms with Crippen LogP contribution in [0, 0.1) is 0 Å². The predicted molar refractivity (Wildman–Crippen MR) is 102 cm³/mol. The first kappa shape index (κ1) is 23.1. The lowest BCUT2D eigenvalue weighted by atomic mass is 10.2. The van der Waals surface area contributed by atoms with Gasteiger partial charge in [0.25, 0.3) is 5.91 Å². The maximum atomic E-state index is 12.1. The molecular formula is C17H29Cl2N3O2. The zero-order valence-corrected chi connectivity index (χ0v) is 15.8. The molecule has 0 radical (unpaired) electrons. The number of nitrogens with one attached hydrogen (secondary N) is 2. The molecule has 1 aromatic carbocycles. The lowest BCUT2D eigenvalue weighted by molar-refractivity contribution is -0.138. The van der Waals surface area contributed by atoms with Gasteiger partial charge in [0.2, 0.25) is 0 Å². The van der Waals surface area contributed by atoms with E-state index in [4.69, 9.17) is 4.74 Å². The van der Waals surface area contributed by atoms with E-state index in [-0.39, 0.29) is 36.8 Å². The van der Waals surface area contributed by atoms with Crippen molar-refractivity contribution in [2.45, 2.75) is 26.0 Å². The summed E-state index contributed by atoms with van der Waals surface area (Å²) in [5.41, 5.74) is 1.27. The van der Waals surface area contributed by atoms with Crippen molar-refractivity contribution >= 4 is 30.7 Å². The molecule has 0 aromatic heterocycles. The van der Waals surface area contributed by atoms with E-state index in [1.165, 1.54) is 5.56 Å². The lowest BCUT2D eigenvalue weighted by Gasteiger charge is -2.32. The third-order valence-corrected chi connectivity index (χ3v) is 3.72. The first-order chi connectivity index (χ1) is 10.8. The number of hydrogen-bond donors (Lipinski definition) is 2. The third kappa shape index (κ3) is 8.31. The fraction of sp³-hybridized carbons (Fsp3) is 0.588. The number of carbonyl (C=O) groups is 1. The molecule has 1 aliphatic heterocycles. The normalized spacial score (nSPS) is 17.5. The first-order valence-electron chi connectivity index (χ1n) is 8.16. The van der Waals surface area contributed by atoms with Crippen molar-refractivity contribution in [2.75, 3.05) is 39.3 Å². The fourth-order valence-corrected chi connectivity index (χ4v) is 2.54. The van der Waals surface area contributed by atoms with Crippen LogP contribution >= 0.6 is 24.8 Å². The van der Waals surface area contributed by atoms with Gasteiger partial charge in [0.15, 0.2) is 0 Å². The smallest absolute Gasteiger partial charge is 0.250 e. The molecule has 0 saturated carbocycles. The second-order valence-electron chi connectivity index (χ2n) is 5.62. The quantitative estimate of drug-likeness (QED) is 0.678. The average molecular weight is 378 g/mol. The number of carbonyl (C=O) groups excluding carboxylic acids is 1. The molecule has 1 aliphatic rings. The largest absolute Gasteiger partial charge is 0.366 e. The second-order valence-corrected chi connectivity index (χ2v) is 5.62. The average Bonchev–Trinajstić information content (AvgIpc) is 2.56. The summed E-state index contributed by atoms with van der Waals surface area (Å²) in [5.74, 6) is -0.00365. The Kier molecular flexibility index (Phi) is 13.0. The second kappa shape index (κ2) is 13.4. The number of rotatable bonds is 8. The van der Waals surface area contributed by atoms with Gasteiger partial charge < -0.3 is 15.4 Å². The number of benzene rings is 1. The zero-order valence-electron chi connectivity index (χ0n) is 14.2. The number of morpholine rings is 1. The Morgan fingerprint density at radius 2 is 1.96 bits per heavy atom. The minimum atomic E-state index is -0.358. The van der Waals surface area contributed by atoms with E-state index in [9.17, 15) is 4.79 Å². The number of hydrogen-bond acceptors (Lipinski definition) is 4. The van der Waals surface area contributed by atoms with Crippen LogP contribution in [-0.2, 0) is 16.1 Å². The first-order valence-corrected chi connectivity index (χ1v) is 8.16. The molecule has 1 fully saturated rings. The molecule has 138 valence electrons. The summed E-state index contributed by atoms with van der Waals surface area (Å²) in [4.78, 5) is 14.4. The highest BCUT2D eigenvalue weighted by atomic mass is 35.5. The van der Waals surface area contributed by atoms with Crippen molar-refractivity contribution in [3.8, 4) is 0 Å². The van der Waals surface area contributed by atoms with E-state index < -0.39 is 0 Å². The van der Waals surface area contributed by atoms with Crippen LogP contribution in [0.2, 0.25) is 0 Å². The molecule has 24 heavy (non-hydrogen) atoms. The van der Waals surface area contributed by atoms with E-state index in [1.807, 2.05) is 18.2 Å². The molecule has 0 bridgehead atoms. The Hall–Kier alpha value is -0.850. The van der Waals surface area contributed by atoms with Gasteiger partial charge in [-0.1, -0.05) is 37.3 Å². The van der Waals surface area contributed by atoms with Crippen molar-refractivity contribution in [1.82, 2.24) is 15.5 Å². The van der Waals surface area contributed by atoms with Gasteiger partial charge in [-0.15, -0.1) is 24.8 Å². The van der Waals surface area contributed by atoms with Crippen LogP contribution in [0.1, 0.15) is 18.9 Å². The molecule has 1 unspecified atom stereocenters. The van der Waals surface area contributed by atoms with Crippen LogP contribution in [0.4, 0.5) is 0 Å². The summed E-state index contributed by atoms with van der Waals surface area (Å²) in [5, 5.41) is 6.21. The molecule has 7 heteroatoms. The Labute approximate surface area is 157 Å². The maximum Gasteiger partial charge on any atom is 0.250 e. The van der Waals surface area contributed by atoms with E-state index in [2.05, 4.69) is 34.6 Å². The van der Waals surface area contributed by atoms with Gasteiger partial charge in [-0.25, -0.2) is 0 Å². The minimum Gasteiger partial charge on any atom is -0.366 e. The third-order valence-electron chi connectivity index (χ3n) is 3.72. The highest BCUT2D eigenvalue weighted by Gasteiger charge is 2.26. The fourth-order valence-electron chi connectivity index (χ4n) is 2.54. The van der Waals surface area contributed by atoms with Crippen molar-refractivity contribution in [1.29, 1.82) is 0 Å². The molecule has 1 aromatic rings. The topological polar surface area (TPSA) is 53.6 Å². The van der Waals surface area contributed by atoms with Crippen LogP contribution in [0.5, 0.6) is 0 Å². The number of ether oxygens (including phenoxy) is 1. The van der Waals surface area contributed by atoms with Gasteiger partial charge in [-0.05, 0) is 18.5 Å². The molecule has 2 rings (SSSR count). The number of amides is 1. The van der Waals surface area contributed by atoms with Gasteiger partial charge in [0, 0.05) is 32.7 Å². The maximum absolute atomic E-state index is 12.1. The van der Waals surface area contributed by atoms with E-state index >= 15 is 0 Å². The summed E-state index contributed by atoms with van der Waals surface area (Å²) >= 11 is 0. The molecule has 1 amide bonds. The summed E-state index contributed by atoms with van der Waals surface area (Å²) in [6.45, 7) is 7.58. The Morgan fingerprint density at radius 3 is 2.67 bits per heavy atom. The van der Waals surface area contributed by atoms with Gasteiger partial charge >= 0.3 is 0 Å². The van der Waals surface area contributed by atoms with Crippen LogP contribution in [0.25, 0.3) is 0 Å². The zero-order chi connectivity index (χ0) is 15.6. The lowest BCUT2D eigenvalue weighted by Crippen LogP contribution is -2.50. The molecule has 2 N–H and O–H groups in total. The van der Waals surface area contributed by atoms with Crippen LogP contribution in [0.3, 0.4) is 0 Å². The Morgan fingerprint density at radius 1 is 1.21 bits per heavy atom. The Balaban J connectivity index is 0.00000264. The van der Waals surface area contributed by atoms with Gasteiger partial charge in [0.1, 0.15) is 6.10 Å². The SMILES string of the molecule is CCCNCCNC(=O)C1CN(Cc2ccccc2)CCO1.Cl.Cl. The number of nitrogens with zero attached hydrogens (tertiary/aromatic N) is 1. The molecular weight excluding hydrogens is 349 g/mol. The summed E-state index contributed by atoms with van der Waals surface area (Å²) in [6, 6.07) is 10.3. The summed E-state index contributed by atoms with van der Waals surface area (Å²) in [7, 11) is 0. The monoisotopic (exact) mass is 377 g/mol. The molecule has 0 spiro atoms. The van der Waals surface area contributed by atoms with E-state index in [0.29, 0.717) is 19.7 Å². The summed E-state index contributed by atoms with van der Waals surface area (Å²) in [6.07, 6.45) is 0.748. The highest BCUT2D eigenvalue weighted by molar-refractivity contribution is 5.85. The van der Waals surface area contributed by atoms with Gasteiger partial charge in [0.05, 0.1) is 6.61 Å². The van der Waals surface area contributed by atoms with Crippen molar-refractivity contribution < 1.29 is 9.53 Å². The van der Waals surface area contributed by atoms with Crippen molar-refractivity contribution in [2.24, 2.45) is 0 Å². The molecule has 1 saturated heterocycles. The number of halogens is 2. The summed E-state index contributed by atoms with van der Waals surface area (Å²) < 4.78 is 5.61. The standard InChI is InChI=1S/C17H27N3O2.2ClH/c1-2-8-18-9-10-19-17(21)16-14-20(11-12-22-16)13-15-6-4-3-5-7-15;;/h3-7,16,18H,2,8-14H2,1H3,(H,19,21);2*1H. The molecule has 1 atom stereocenters. The van der Waals surface area contributed by atoms with Gasteiger partial charge in [-0.2, -0.15) is 0 Å². The van der Waals surface area contributed by atoms with Crippen LogP contribution in [-0.4, -0.2) is 56.2 Å². The van der Waals surface area contributed by atoms with Crippen molar-refractivity contribution in [3.05, 3.63) is 35.9 Å². The predicted octanol–water partition coefficient (Wildman–Crippen LogP) is 1.85. The molecule has 5 nitrogen and oxygen atoms in total. The Bertz CT molecular complexity index is 449. The van der Waals surface area contributed by atoms with E-state index in [0.717, 1.165) is 32.6 Å². The minimum absolute atomic E-state index is 0. The van der Waals surface area contributed by atoms with E-state index in [1.54, 1.807) is 0 Å². The molecule has 0 aliphatic carbocycles. The highest BCUT2D eigenvalue weighted by Crippen LogP contribution is 2.10. The van der Waals surface area contributed by atoms with Gasteiger partial charge in [-0.3, -0.25) is 9.69 Å².